The molecule has 0 spiro atoms. The first-order valence-corrected chi connectivity index (χ1v) is 9.11. The van der Waals surface area contributed by atoms with Crippen LogP contribution in [0.4, 0.5) is 23.1 Å². The van der Waals surface area contributed by atoms with Gasteiger partial charge in [-0.05, 0) is 37.1 Å². The first kappa shape index (κ1) is 18.7. The summed E-state index contributed by atoms with van der Waals surface area (Å²) in [7, 11) is 0. The molecule has 0 saturated carbocycles. The van der Waals surface area contributed by atoms with Gasteiger partial charge in [-0.25, -0.2) is 9.78 Å². The second-order valence-electron chi connectivity index (χ2n) is 6.13. The molecule has 1 aromatic carbocycles. The van der Waals surface area contributed by atoms with E-state index >= 15 is 0 Å². The molecule has 9 heteroatoms. The largest absolute Gasteiger partial charge is 0.416 e. The van der Waals surface area contributed by atoms with Crippen LogP contribution in [0.15, 0.2) is 30.5 Å². The van der Waals surface area contributed by atoms with E-state index in [1.165, 1.54) is 23.5 Å². The topological polar surface area (TPSA) is 66.1 Å². The first-order valence-electron chi connectivity index (χ1n) is 8.29. The Balaban J connectivity index is 1.50. The van der Waals surface area contributed by atoms with Crippen molar-refractivity contribution >= 4 is 22.5 Å². The molecule has 1 aliphatic heterocycles. The Morgan fingerprint density at radius 3 is 2.73 bits per heavy atom. The minimum atomic E-state index is -4.33. The third kappa shape index (κ3) is 5.18. The van der Waals surface area contributed by atoms with Crippen LogP contribution in [0.2, 0.25) is 0 Å². The van der Waals surface area contributed by atoms with Crippen LogP contribution in [-0.2, 0) is 12.6 Å². The highest BCUT2D eigenvalue weighted by molar-refractivity contribution is 7.15. The van der Waals surface area contributed by atoms with Crippen molar-refractivity contribution in [1.29, 1.82) is 0 Å². The number of hydrogen-bond acceptors (Lipinski definition) is 4. The smallest absolute Gasteiger partial charge is 0.336 e. The zero-order valence-electron chi connectivity index (χ0n) is 13.9. The Morgan fingerprint density at radius 2 is 2.08 bits per heavy atom. The minimum Gasteiger partial charge on any atom is -0.336 e. The van der Waals surface area contributed by atoms with Crippen molar-refractivity contribution in [2.24, 2.45) is 0 Å². The molecule has 2 amide bonds. The predicted octanol–water partition coefficient (Wildman–Crippen LogP) is 3.63. The van der Waals surface area contributed by atoms with Gasteiger partial charge in [0.25, 0.3) is 0 Å². The van der Waals surface area contributed by atoms with E-state index in [1.54, 1.807) is 6.20 Å². The monoisotopic (exact) mass is 384 g/mol. The van der Waals surface area contributed by atoms with Crippen molar-refractivity contribution in [3.05, 3.63) is 46.5 Å². The molecule has 0 radical (unpaired) electrons. The molecule has 1 aliphatic rings. The maximum Gasteiger partial charge on any atom is 0.416 e. The third-order valence-corrected chi connectivity index (χ3v) is 5.02. The number of thiazole rings is 1. The lowest BCUT2D eigenvalue weighted by molar-refractivity contribution is -0.137. The molecule has 3 N–H and O–H groups in total. The van der Waals surface area contributed by atoms with Crippen LogP contribution >= 0.6 is 11.3 Å². The van der Waals surface area contributed by atoms with Gasteiger partial charge in [0, 0.05) is 30.1 Å². The van der Waals surface area contributed by atoms with E-state index in [0.29, 0.717) is 24.1 Å². The fourth-order valence-electron chi connectivity index (χ4n) is 2.75. The highest BCUT2D eigenvalue weighted by atomic mass is 32.1. The number of carbonyl (C=O) groups excluding carboxylic acids is 1. The average Bonchev–Trinajstić information content (AvgIpc) is 3.25. The van der Waals surface area contributed by atoms with E-state index in [9.17, 15) is 18.0 Å². The summed E-state index contributed by atoms with van der Waals surface area (Å²) in [5.74, 6) is 0. The zero-order valence-corrected chi connectivity index (χ0v) is 14.7. The lowest BCUT2D eigenvalue weighted by Gasteiger charge is -2.11. The van der Waals surface area contributed by atoms with Gasteiger partial charge in [0.15, 0.2) is 5.13 Å². The maximum atomic E-state index is 12.6. The number of alkyl halides is 3. The van der Waals surface area contributed by atoms with Gasteiger partial charge < -0.3 is 10.6 Å². The molecular formula is C17H19F3N4OS. The van der Waals surface area contributed by atoms with E-state index in [1.807, 2.05) is 0 Å². The van der Waals surface area contributed by atoms with E-state index < -0.39 is 11.7 Å². The first-order chi connectivity index (χ1) is 12.4. The Hall–Kier alpha value is -2.13. The predicted molar refractivity (Wildman–Crippen MR) is 94.4 cm³/mol. The number of anilines is 1. The lowest BCUT2D eigenvalue weighted by Crippen LogP contribution is -2.39. The number of benzene rings is 1. The van der Waals surface area contributed by atoms with Gasteiger partial charge in [-0.15, -0.1) is 11.3 Å². The zero-order chi connectivity index (χ0) is 18.6. The molecule has 5 nitrogen and oxygen atoms in total. The van der Waals surface area contributed by atoms with Gasteiger partial charge in [0.2, 0.25) is 0 Å². The number of hydrogen-bond donors (Lipinski definition) is 3. The lowest BCUT2D eigenvalue weighted by atomic mass is 10.1. The van der Waals surface area contributed by atoms with Gasteiger partial charge in [-0.3, -0.25) is 5.32 Å². The standard InChI is InChI=1S/C17H19F3N4OS/c18-17(19,20)12-5-3-11(4-6-12)8-14-10-23-16(26-14)24-15(25)22-9-13-2-1-7-21-13/h3-6,10,13,21H,1-2,7-9H2,(H2,22,23,24,25). The molecule has 1 atom stereocenters. The number of aromatic nitrogens is 1. The van der Waals surface area contributed by atoms with Crippen LogP contribution in [0.25, 0.3) is 0 Å². The Kier molecular flexibility index (Phi) is 5.77. The molecule has 0 bridgehead atoms. The summed E-state index contributed by atoms with van der Waals surface area (Å²) < 4.78 is 37.7. The van der Waals surface area contributed by atoms with Crippen molar-refractivity contribution in [3.63, 3.8) is 0 Å². The van der Waals surface area contributed by atoms with Crippen LogP contribution < -0.4 is 16.0 Å². The molecule has 2 aromatic rings. The molecule has 0 aliphatic carbocycles. The summed E-state index contributed by atoms with van der Waals surface area (Å²) in [6.07, 6.45) is -0.0778. The van der Waals surface area contributed by atoms with Crippen molar-refractivity contribution in [3.8, 4) is 0 Å². The Morgan fingerprint density at radius 1 is 1.31 bits per heavy atom. The molecule has 2 heterocycles. The number of halogens is 3. The van der Waals surface area contributed by atoms with Crippen molar-refractivity contribution < 1.29 is 18.0 Å². The van der Waals surface area contributed by atoms with E-state index in [2.05, 4.69) is 20.9 Å². The number of nitrogens with one attached hydrogen (secondary N) is 3. The summed E-state index contributed by atoms with van der Waals surface area (Å²) >= 11 is 1.30. The number of nitrogens with zero attached hydrogens (tertiary/aromatic N) is 1. The van der Waals surface area contributed by atoms with Crippen LogP contribution in [0.1, 0.15) is 28.8 Å². The number of urea groups is 1. The van der Waals surface area contributed by atoms with Crippen LogP contribution in [0.3, 0.4) is 0 Å². The second-order valence-corrected chi connectivity index (χ2v) is 7.25. The molecule has 1 saturated heterocycles. The highest BCUT2D eigenvalue weighted by Crippen LogP contribution is 2.29. The molecule has 1 unspecified atom stereocenters. The maximum absolute atomic E-state index is 12.6. The summed E-state index contributed by atoms with van der Waals surface area (Å²) in [5.41, 5.74) is 0.0892. The SMILES string of the molecule is O=C(NCC1CCCN1)Nc1ncc(Cc2ccc(C(F)(F)F)cc2)s1. The number of rotatable bonds is 5. The second kappa shape index (κ2) is 8.05. The van der Waals surface area contributed by atoms with Gasteiger partial charge in [-0.1, -0.05) is 12.1 Å². The normalized spacial score (nSPS) is 17.3. The molecule has 3 rings (SSSR count). The van der Waals surface area contributed by atoms with Gasteiger partial charge in [0.1, 0.15) is 0 Å². The van der Waals surface area contributed by atoms with Crippen molar-refractivity contribution in [1.82, 2.24) is 15.6 Å². The number of amides is 2. The molecule has 140 valence electrons. The molecule has 1 aromatic heterocycles. The molecular weight excluding hydrogens is 365 g/mol. The fourth-order valence-corrected chi connectivity index (χ4v) is 3.59. The quantitative estimate of drug-likeness (QED) is 0.738. The van der Waals surface area contributed by atoms with E-state index in [-0.39, 0.29) is 6.03 Å². The van der Waals surface area contributed by atoms with Gasteiger partial charge in [-0.2, -0.15) is 13.2 Å². The third-order valence-electron chi connectivity index (χ3n) is 4.11. The van der Waals surface area contributed by atoms with E-state index in [0.717, 1.165) is 42.0 Å². The summed E-state index contributed by atoms with van der Waals surface area (Å²) in [6.45, 7) is 1.55. The fraction of sp³-hybridized carbons (Fsp3) is 0.412. The van der Waals surface area contributed by atoms with Gasteiger partial charge >= 0.3 is 12.2 Å². The van der Waals surface area contributed by atoms with Crippen molar-refractivity contribution in [2.75, 3.05) is 18.4 Å². The average molecular weight is 384 g/mol. The van der Waals surface area contributed by atoms with Gasteiger partial charge in [0.05, 0.1) is 5.56 Å². The van der Waals surface area contributed by atoms with E-state index in [4.69, 9.17) is 0 Å². The summed E-state index contributed by atoms with van der Waals surface area (Å²) in [6, 6.07) is 5.05. The van der Waals surface area contributed by atoms with Crippen LogP contribution in [0, 0.1) is 0 Å². The van der Waals surface area contributed by atoms with Crippen LogP contribution in [0.5, 0.6) is 0 Å². The Bertz CT molecular complexity index is 739. The molecule has 26 heavy (non-hydrogen) atoms. The Labute approximate surface area is 153 Å². The summed E-state index contributed by atoms with van der Waals surface area (Å²) in [5, 5.41) is 9.24. The number of carbonyl (C=O) groups is 1. The highest BCUT2D eigenvalue weighted by Gasteiger charge is 2.29. The summed E-state index contributed by atoms with van der Waals surface area (Å²) in [4.78, 5) is 16.9. The van der Waals surface area contributed by atoms with Crippen molar-refractivity contribution in [2.45, 2.75) is 31.5 Å². The van der Waals surface area contributed by atoms with Crippen LogP contribution in [-0.4, -0.2) is 30.1 Å². The minimum absolute atomic E-state index is 0.311. The molecule has 1 fully saturated rings.